The van der Waals surface area contributed by atoms with Gasteiger partial charge >= 0.3 is 0 Å². The number of halogens is 2. The van der Waals surface area contributed by atoms with Crippen LogP contribution in [0.25, 0.3) is 0 Å². The maximum atomic E-state index is 5.48. The van der Waals surface area contributed by atoms with E-state index in [0.29, 0.717) is 18.3 Å². The Labute approximate surface area is 135 Å². The molecule has 20 heavy (non-hydrogen) atoms. The first-order valence-corrected chi connectivity index (χ1v) is 7.43. The van der Waals surface area contributed by atoms with Gasteiger partial charge in [0.2, 0.25) is 5.96 Å². The predicted octanol–water partition coefficient (Wildman–Crippen LogP) is 2.49. The molecule has 1 rings (SSSR count). The second-order valence-electron chi connectivity index (χ2n) is 4.02. The number of hydrogen-bond donors (Lipinski definition) is 3. The Hall–Kier alpha value is -0.830. The van der Waals surface area contributed by atoms with Gasteiger partial charge in [-0.25, -0.2) is 10.8 Å². The Kier molecular flexibility index (Phi) is 7.28. The Morgan fingerprint density at radius 3 is 2.60 bits per heavy atom. The molecule has 0 fully saturated rings. The predicted molar refractivity (Wildman–Crippen MR) is 88.1 cm³/mol. The average molecular weight is 410 g/mol. The van der Waals surface area contributed by atoms with Crippen LogP contribution in [0.5, 0.6) is 5.75 Å². The first-order chi connectivity index (χ1) is 9.51. The third-order valence-electron chi connectivity index (χ3n) is 2.39. The molecule has 0 aromatic heterocycles. The molecule has 0 radical (unpaired) electrons. The molecule has 112 valence electrons. The van der Waals surface area contributed by atoms with E-state index in [1.165, 1.54) is 0 Å². The van der Waals surface area contributed by atoms with E-state index in [0.717, 1.165) is 14.6 Å². The van der Waals surface area contributed by atoms with Crippen molar-refractivity contribution in [1.82, 2.24) is 5.43 Å². The summed E-state index contributed by atoms with van der Waals surface area (Å²) in [6.45, 7) is 2.44. The highest BCUT2D eigenvalue weighted by molar-refractivity contribution is 9.11. The molecular weight excluding hydrogens is 392 g/mol. The van der Waals surface area contributed by atoms with E-state index in [1.807, 2.05) is 19.1 Å². The van der Waals surface area contributed by atoms with Crippen molar-refractivity contribution in [2.45, 2.75) is 13.0 Å². The number of rotatable bonds is 5. The molecule has 1 atom stereocenters. The van der Waals surface area contributed by atoms with E-state index >= 15 is 0 Å². The molecule has 0 aliphatic heterocycles. The molecule has 0 saturated carbocycles. The number of nitrogens with zero attached hydrogens (tertiary/aromatic N) is 1. The summed E-state index contributed by atoms with van der Waals surface area (Å²) < 4.78 is 12.0. The second kappa shape index (κ2) is 8.46. The molecule has 8 heteroatoms. The normalized spacial score (nSPS) is 13.0. The summed E-state index contributed by atoms with van der Waals surface area (Å²) >= 11 is 6.88. The van der Waals surface area contributed by atoms with Gasteiger partial charge in [-0.05, 0) is 44.8 Å². The lowest BCUT2D eigenvalue weighted by Gasteiger charge is -2.15. The standard InChI is InChI=1S/C12H18Br2N4O2/c1-7(6-19-2)16-12(18-15)17-10-5-11(20-3)9(14)4-8(10)13/h4-5,7H,6,15H2,1-3H3,(H2,16,17,18). The monoisotopic (exact) mass is 408 g/mol. The van der Waals surface area contributed by atoms with Gasteiger partial charge in [0.25, 0.3) is 0 Å². The Balaban J connectivity index is 2.95. The van der Waals surface area contributed by atoms with Gasteiger partial charge in [0.1, 0.15) is 5.75 Å². The summed E-state index contributed by atoms with van der Waals surface area (Å²) in [6, 6.07) is 3.70. The third-order valence-corrected chi connectivity index (χ3v) is 3.66. The summed E-state index contributed by atoms with van der Waals surface area (Å²) in [6.07, 6.45) is 0. The SMILES string of the molecule is COCC(C)N=C(NN)Nc1cc(OC)c(Br)cc1Br. The topological polar surface area (TPSA) is 80.9 Å². The summed E-state index contributed by atoms with van der Waals surface area (Å²) in [7, 11) is 3.24. The minimum atomic E-state index is -0.0188. The molecule has 1 aromatic carbocycles. The zero-order valence-corrected chi connectivity index (χ0v) is 14.7. The zero-order chi connectivity index (χ0) is 15.1. The number of anilines is 1. The van der Waals surface area contributed by atoms with E-state index < -0.39 is 0 Å². The average Bonchev–Trinajstić information content (AvgIpc) is 2.41. The van der Waals surface area contributed by atoms with Crippen LogP contribution in [-0.4, -0.2) is 32.8 Å². The van der Waals surface area contributed by atoms with Gasteiger partial charge in [-0.15, -0.1) is 0 Å². The smallest absolute Gasteiger partial charge is 0.210 e. The quantitative estimate of drug-likeness (QED) is 0.301. The van der Waals surface area contributed by atoms with Crippen molar-refractivity contribution in [3.63, 3.8) is 0 Å². The molecule has 6 nitrogen and oxygen atoms in total. The lowest BCUT2D eigenvalue weighted by molar-refractivity contribution is 0.185. The van der Waals surface area contributed by atoms with Crippen molar-refractivity contribution < 1.29 is 9.47 Å². The van der Waals surface area contributed by atoms with E-state index in [9.17, 15) is 0 Å². The van der Waals surface area contributed by atoms with E-state index in [-0.39, 0.29) is 6.04 Å². The number of nitrogens with one attached hydrogen (secondary N) is 2. The van der Waals surface area contributed by atoms with Gasteiger partial charge in [-0.2, -0.15) is 0 Å². The number of aliphatic imine (C=N–C) groups is 1. The van der Waals surface area contributed by atoms with E-state index in [4.69, 9.17) is 15.3 Å². The van der Waals surface area contributed by atoms with Crippen molar-refractivity contribution in [1.29, 1.82) is 0 Å². The first-order valence-electron chi connectivity index (χ1n) is 5.85. The Morgan fingerprint density at radius 2 is 2.05 bits per heavy atom. The molecule has 0 heterocycles. The highest BCUT2D eigenvalue weighted by atomic mass is 79.9. The molecule has 0 saturated heterocycles. The van der Waals surface area contributed by atoms with Gasteiger partial charge < -0.3 is 14.8 Å². The molecule has 4 N–H and O–H groups in total. The minimum Gasteiger partial charge on any atom is -0.495 e. The number of hydrogen-bond acceptors (Lipinski definition) is 4. The molecule has 1 aromatic rings. The zero-order valence-electron chi connectivity index (χ0n) is 11.5. The fourth-order valence-corrected chi connectivity index (χ4v) is 2.77. The van der Waals surface area contributed by atoms with Gasteiger partial charge in [0.05, 0.1) is 29.9 Å². The summed E-state index contributed by atoms with van der Waals surface area (Å²) in [5, 5.41) is 3.10. The van der Waals surface area contributed by atoms with Crippen LogP contribution in [0.2, 0.25) is 0 Å². The molecule has 0 amide bonds. The van der Waals surface area contributed by atoms with Crippen molar-refractivity contribution in [3.8, 4) is 5.75 Å². The maximum absolute atomic E-state index is 5.48. The number of nitrogens with two attached hydrogens (primary N) is 1. The van der Waals surface area contributed by atoms with Crippen LogP contribution in [-0.2, 0) is 4.74 Å². The van der Waals surface area contributed by atoms with Crippen LogP contribution < -0.4 is 21.3 Å². The van der Waals surface area contributed by atoms with Gasteiger partial charge in [0.15, 0.2) is 0 Å². The fraction of sp³-hybridized carbons (Fsp3) is 0.417. The third kappa shape index (κ3) is 4.93. The molecule has 1 unspecified atom stereocenters. The van der Waals surface area contributed by atoms with Crippen LogP contribution in [0.15, 0.2) is 26.1 Å². The van der Waals surface area contributed by atoms with Crippen LogP contribution >= 0.6 is 31.9 Å². The van der Waals surface area contributed by atoms with Gasteiger partial charge in [-0.3, -0.25) is 5.43 Å². The van der Waals surface area contributed by atoms with Crippen molar-refractivity contribution >= 4 is 43.5 Å². The minimum absolute atomic E-state index is 0.0188. The first kappa shape index (κ1) is 17.2. The Bertz CT molecular complexity index is 483. The Morgan fingerprint density at radius 1 is 1.35 bits per heavy atom. The van der Waals surface area contributed by atoms with Crippen LogP contribution in [0, 0.1) is 0 Å². The van der Waals surface area contributed by atoms with E-state index in [1.54, 1.807) is 14.2 Å². The van der Waals surface area contributed by atoms with Gasteiger partial charge in [-0.1, -0.05) is 0 Å². The molecule has 0 bridgehead atoms. The van der Waals surface area contributed by atoms with Crippen molar-refractivity contribution in [3.05, 3.63) is 21.1 Å². The number of ether oxygens (including phenoxy) is 2. The van der Waals surface area contributed by atoms with Crippen LogP contribution in [0.4, 0.5) is 5.69 Å². The molecule has 0 spiro atoms. The van der Waals surface area contributed by atoms with Crippen LogP contribution in [0.3, 0.4) is 0 Å². The van der Waals surface area contributed by atoms with E-state index in [2.05, 4.69) is 47.6 Å². The maximum Gasteiger partial charge on any atom is 0.210 e. The van der Waals surface area contributed by atoms with Crippen LogP contribution in [0.1, 0.15) is 6.92 Å². The molecule has 0 aliphatic carbocycles. The highest BCUT2D eigenvalue weighted by Crippen LogP contribution is 2.34. The fourth-order valence-electron chi connectivity index (χ4n) is 1.51. The van der Waals surface area contributed by atoms with Gasteiger partial charge in [0, 0.05) is 17.6 Å². The number of hydrazine groups is 1. The lowest BCUT2D eigenvalue weighted by Crippen LogP contribution is -2.37. The lowest BCUT2D eigenvalue weighted by atomic mass is 10.3. The number of methoxy groups -OCH3 is 2. The molecule has 0 aliphatic rings. The molecular formula is C12H18Br2N4O2. The number of benzene rings is 1. The largest absolute Gasteiger partial charge is 0.495 e. The summed E-state index contributed by atoms with van der Waals surface area (Å²) in [4.78, 5) is 4.37. The van der Waals surface area contributed by atoms with Crippen molar-refractivity contribution in [2.75, 3.05) is 26.1 Å². The second-order valence-corrected chi connectivity index (χ2v) is 5.73. The summed E-state index contributed by atoms with van der Waals surface area (Å²) in [5.74, 6) is 6.63. The van der Waals surface area contributed by atoms with Crippen molar-refractivity contribution in [2.24, 2.45) is 10.8 Å². The number of guanidine groups is 1. The highest BCUT2D eigenvalue weighted by Gasteiger charge is 2.09. The summed E-state index contributed by atoms with van der Waals surface area (Å²) in [5.41, 5.74) is 3.31.